The van der Waals surface area contributed by atoms with Crippen LogP contribution in [0.3, 0.4) is 0 Å². The molecule has 1 fully saturated rings. The van der Waals surface area contributed by atoms with Crippen molar-refractivity contribution < 1.29 is 13.9 Å². The van der Waals surface area contributed by atoms with Gasteiger partial charge >= 0.3 is 0 Å². The van der Waals surface area contributed by atoms with Crippen LogP contribution in [0.2, 0.25) is 0 Å². The number of anilines is 1. The molecule has 1 aromatic carbocycles. The molecule has 2 aliphatic heterocycles. The first kappa shape index (κ1) is 19.7. The first-order valence-corrected chi connectivity index (χ1v) is 9.90. The maximum atomic E-state index is 13.7. The minimum Gasteiger partial charge on any atom is -0.378 e. The Morgan fingerprint density at radius 3 is 2.72 bits per heavy atom. The second-order valence-electron chi connectivity index (χ2n) is 7.65. The van der Waals surface area contributed by atoms with Gasteiger partial charge in [0.1, 0.15) is 24.0 Å². The number of morpholine rings is 1. The van der Waals surface area contributed by atoms with Crippen molar-refractivity contribution >= 4 is 11.7 Å². The molecule has 154 valence electrons. The van der Waals surface area contributed by atoms with Crippen LogP contribution in [0.1, 0.15) is 22.9 Å². The Balaban J connectivity index is 1.56. The number of ether oxygens (including phenoxy) is 1. The number of halogens is 1. The van der Waals surface area contributed by atoms with Gasteiger partial charge in [0.05, 0.1) is 25.5 Å². The molecule has 2 aliphatic rings. The van der Waals surface area contributed by atoms with Gasteiger partial charge in [0.2, 0.25) is 5.91 Å². The van der Waals surface area contributed by atoms with Crippen LogP contribution < -0.4 is 4.90 Å². The van der Waals surface area contributed by atoms with E-state index in [1.807, 2.05) is 23.9 Å². The maximum Gasteiger partial charge on any atom is 0.244 e. The van der Waals surface area contributed by atoms with E-state index in [0.29, 0.717) is 38.3 Å². The van der Waals surface area contributed by atoms with E-state index >= 15 is 0 Å². The summed E-state index contributed by atoms with van der Waals surface area (Å²) in [5.74, 6) is 0.575. The SMILES string of the molecule is CN(C)[C@@H](C(=O)N1CCc2c(ncnc2N2CCOCC2)C1)c1cccc(F)c1. The number of aromatic nitrogens is 2. The lowest BCUT2D eigenvalue weighted by molar-refractivity contribution is -0.137. The summed E-state index contributed by atoms with van der Waals surface area (Å²) in [7, 11) is 3.67. The molecule has 0 aliphatic carbocycles. The molecule has 1 saturated heterocycles. The maximum absolute atomic E-state index is 13.7. The predicted molar refractivity (Wildman–Crippen MR) is 107 cm³/mol. The summed E-state index contributed by atoms with van der Waals surface area (Å²) in [6.45, 7) is 4.05. The second-order valence-corrected chi connectivity index (χ2v) is 7.65. The molecule has 0 radical (unpaired) electrons. The highest BCUT2D eigenvalue weighted by molar-refractivity contribution is 5.83. The van der Waals surface area contributed by atoms with Crippen LogP contribution in [0.4, 0.5) is 10.2 Å². The monoisotopic (exact) mass is 399 g/mol. The Morgan fingerprint density at radius 2 is 2.00 bits per heavy atom. The lowest BCUT2D eigenvalue weighted by Crippen LogP contribution is -2.44. The number of hydrogen-bond acceptors (Lipinski definition) is 6. The third-order valence-electron chi connectivity index (χ3n) is 5.52. The highest BCUT2D eigenvalue weighted by Crippen LogP contribution is 2.29. The second kappa shape index (κ2) is 8.42. The predicted octanol–water partition coefficient (Wildman–Crippen LogP) is 1.64. The van der Waals surface area contributed by atoms with Crippen molar-refractivity contribution in [3.05, 3.63) is 53.2 Å². The molecule has 3 heterocycles. The van der Waals surface area contributed by atoms with Crippen LogP contribution in [0.15, 0.2) is 30.6 Å². The topological polar surface area (TPSA) is 61.8 Å². The molecule has 1 aromatic heterocycles. The van der Waals surface area contributed by atoms with E-state index < -0.39 is 6.04 Å². The van der Waals surface area contributed by atoms with Crippen molar-refractivity contribution in [2.45, 2.75) is 19.0 Å². The number of fused-ring (bicyclic) bond motifs is 1. The van der Waals surface area contributed by atoms with Gasteiger partial charge in [-0.2, -0.15) is 0 Å². The van der Waals surface area contributed by atoms with Gasteiger partial charge in [0.25, 0.3) is 0 Å². The van der Waals surface area contributed by atoms with Crippen molar-refractivity contribution in [3.63, 3.8) is 0 Å². The number of nitrogens with zero attached hydrogens (tertiary/aromatic N) is 5. The number of hydrogen-bond donors (Lipinski definition) is 0. The largest absolute Gasteiger partial charge is 0.378 e. The van der Waals surface area contributed by atoms with Crippen molar-refractivity contribution in [1.82, 2.24) is 19.8 Å². The van der Waals surface area contributed by atoms with Gasteiger partial charge in [-0.3, -0.25) is 9.69 Å². The van der Waals surface area contributed by atoms with Gasteiger partial charge in [-0.05, 0) is 38.2 Å². The van der Waals surface area contributed by atoms with Crippen LogP contribution >= 0.6 is 0 Å². The summed E-state index contributed by atoms with van der Waals surface area (Å²) in [6.07, 6.45) is 2.28. The molecule has 29 heavy (non-hydrogen) atoms. The Morgan fingerprint density at radius 1 is 1.21 bits per heavy atom. The number of amides is 1. The molecule has 0 saturated carbocycles. The highest BCUT2D eigenvalue weighted by Gasteiger charge is 2.32. The Hall–Kier alpha value is -2.58. The molecular formula is C21H26FN5O2. The van der Waals surface area contributed by atoms with Gasteiger partial charge in [0.15, 0.2) is 0 Å². The van der Waals surface area contributed by atoms with Crippen molar-refractivity contribution in [1.29, 1.82) is 0 Å². The molecule has 1 atom stereocenters. The molecule has 0 bridgehead atoms. The fourth-order valence-electron chi connectivity index (χ4n) is 4.08. The van der Waals surface area contributed by atoms with E-state index in [2.05, 4.69) is 14.9 Å². The quantitative estimate of drug-likeness (QED) is 0.779. The fourth-order valence-corrected chi connectivity index (χ4v) is 4.08. The van der Waals surface area contributed by atoms with Gasteiger partial charge in [-0.15, -0.1) is 0 Å². The molecular weight excluding hydrogens is 373 g/mol. The van der Waals surface area contributed by atoms with Crippen molar-refractivity contribution in [2.24, 2.45) is 0 Å². The number of benzene rings is 1. The van der Waals surface area contributed by atoms with E-state index in [4.69, 9.17) is 4.74 Å². The standard InChI is InChI=1S/C21H26FN5O2/c1-25(2)19(15-4-3-5-16(22)12-15)21(28)27-7-6-17-18(13-27)23-14-24-20(17)26-8-10-29-11-9-26/h3-5,12,14,19H,6-11,13H2,1-2H3/t19-/m1/s1. The van der Waals surface area contributed by atoms with Crippen molar-refractivity contribution in [3.8, 4) is 0 Å². The normalized spacial score (nSPS) is 17.9. The molecule has 8 heteroatoms. The van der Waals surface area contributed by atoms with Crippen LogP contribution in [-0.2, 0) is 22.5 Å². The van der Waals surface area contributed by atoms with Crippen LogP contribution in [0, 0.1) is 5.82 Å². The van der Waals surface area contributed by atoms with E-state index in [1.165, 1.54) is 12.1 Å². The number of likely N-dealkylation sites (N-methyl/N-ethyl adjacent to an activating group) is 1. The number of carbonyl (C=O) groups excluding carboxylic acids is 1. The van der Waals surface area contributed by atoms with E-state index in [1.54, 1.807) is 18.5 Å². The van der Waals surface area contributed by atoms with E-state index in [-0.39, 0.29) is 11.7 Å². The van der Waals surface area contributed by atoms with Crippen LogP contribution in [0.5, 0.6) is 0 Å². The Kier molecular flexibility index (Phi) is 5.73. The first-order valence-electron chi connectivity index (χ1n) is 9.90. The summed E-state index contributed by atoms with van der Waals surface area (Å²) in [6, 6.07) is 5.72. The summed E-state index contributed by atoms with van der Waals surface area (Å²) in [4.78, 5) is 28.2. The van der Waals surface area contributed by atoms with Gasteiger partial charge in [-0.1, -0.05) is 12.1 Å². The highest BCUT2D eigenvalue weighted by atomic mass is 19.1. The third-order valence-corrected chi connectivity index (χ3v) is 5.52. The summed E-state index contributed by atoms with van der Waals surface area (Å²) >= 11 is 0. The molecule has 1 amide bonds. The number of carbonyl (C=O) groups is 1. The minimum absolute atomic E-state index is 0.0437. The third kappa shape index (κ3) is 4.09. The Labute approximate surface area is 170 Å². The summed E-state index contributed by atoms with van der Waals surface area (Å²) in [5, 5.41) is 0. The lowest BCUT2D eigenvalue weighted by Gasteiger charge is -2.36. The molecule has 2 aromatic rings. The van der Waals surface area contributed by atoms with Crippen LogP contribution in [-0.4, -0.2) is 72.6 Å². The van der Waals surface area contributed by atoms with Crippen LogP contribution in [0.25, 0.3) is 0 Å². The van der Waals surface area contributed by atoms with E-state index in [0.717, 1.165) is 30.2 Å². The first-order chi connectivity index (χ1) is 14.0. The minimum atomic E-state index is -0.534. The fraction of sp³-hybridized carbons (Fsp3) is 0.476. The average Bonchev–Trinajstić information content (AvgIpc) is 2.73. The lowest BCUT2D eigenvalue weighted by atomic mass is 10.0. The average molecular weight is 399 g/mol. The number of rotatable bonds is 4. The Bertz CT molecular complexity index is 885. The zero-order valence-corrected chi connectivity index (χ0v) is 16.8. The van der Waals surface area contributed by atoms with Gasteiger partial charge in [-0.25, -0.2) is 14.4 Å². The molecule has 0 spiro atoms. The zero-order chi connectivity index (χ0) is 20.4. The molecule has 4 rings (SSSR count). The summed E-state index contributed by atoms with van der Waals surface area (Å²) < 4.78 is 19.2. The van der Waals surface area contributed by atoms with Crippen molar-refractivity contribution in [2.75, 3.05) is 51.8 Å². The summed E-state index contributed by atoms with van der Waals surface area (Å²) in [5.41, 5.74) is 2.66. The molecule has 7 nitrogen and oxygen atoms in total. The van der Waals surface area contributed by atoms with Gasteiger partial charge < -0.3 is 14.5 Å². The molecule has 0 N–H and O–H groups in total. The molecule has 0 unspecified atom stereocenters. The van der Waals surface area contributed by atoms with Gasteiger partial charge in [0, 0.05) is 25.2 Å². The van der Waals surface area contributed by atoms with E-state index in [9.17, 15) is 9.18 Å². The smallest absolute Gasteiger partial charge is 0.244 e. The zero-order valence-electron chi connectivity index (χ0n) is 16.8.